The van der Waals surface area contributed by atoms with Crippen molar-refractivity contribution < 1.29 is 0 Å². The summed E-state index contributed by atoms with van der Waals surface area (Å²) in [4.78, 5) is 34.5. The first kappa shape index (κ1) is 21.7. The number of nitrogens with one attached hydrogen (secondary N) is 1. The van der Waals surface area contributed by atoms with E-state index in [0.29, 0.717) is 23.6 Å². The number of aromatic nitrogens is 4. The monoisotopic (exact) mass is 507 g/mol. The first-order valence-corrected chi connectivity index (χ1v) is 12.0. The molecule has 0 unspecified atom stereocenters. The molecule has 0 amide bonds. The molecule has 3 heterocycles. The number of hydrogen-bond donors (Lipinski definition) is 1. The molecule has 0 saturated carbocycles. The number of hydrogen-bond acceptors (Lipinski definition) is 4. The Balaban J connectivity index is 1.48. The second-order valence-corrected chi connectivity index (χ2v) is 9.65. The maximum Gasteiger partial charge on any atom is 0.329 e. The van der Waals surface area contributed by atoms with Crippen LogP contribution in [0.25, 0.3) is 11.2 Å². The van der Waals surface area contributed by atoms with Gasteiger partial charge in [-0.3, -0.25) is 18.9 Å². The number of nitrogens with zero attached hydrogens (tertiary/aromatic N) is 4. The van der Waals surface area contributed by atoms with E-state index in [4.69, 9.17) is 4.98 Å². The fourth-order valence-corrected chi connectivity index (χ4v) is 5.16. The van der Waals surface area contributed by atoms with E-state index in [1.165, 1.54) is 10.1 Å². The Hall–Kier alpha value is -3.13. The van der Waals surface area contributed by atoms with Crippen molar-refractivity contribution in [2.45, 2.75) is 25.8 Å². The van der Waals surface area contributed by atoms with Crippen LogP contribution in [0.4, 0.5) is 5.95 Å². The Bertz CT molecular complexity index is 1400. The van der Waals surface area contributed by atoms with Gasteiger partial charge in [-0.05, 0) is 48.4 Å². The van der Waals surface area contributed by atoms with E-state index in [9.17, 15) is 9.59 Å². The highest BCUT2D eigenvalue weighted by molar-refractivity contribution is 9.10. The van der Waals surface area contributed by atoms with Gasteiger partial charge in [0.15, 0.2) is 11.2 Å². The lowest BCUT2D eigenvalue weighted by molar-refractivity contribution is 0.399. The van der Waals surface area contributed by atoms with Crippen LogP contribution >= 0.6 is 15.9 Å². The molecule has 1 saturated heterocycles. The summed E-state index contributed by atoms with van der Waals surface area (Å²) in [5, 5.41) is 0. The fraction of sp³-hybridized carbons (Fsp3) is 0.320. The van der Waals surface area contributed by atoms with Crippen molar-refractivity contribution in [1.82, 2.24) is 19.1 Å². The molecule has 8 heteroatoms. The molecular weight excluding hydrogens is 482 g/mol. The number of piperidine rings is 1. The first-order valence-electron chi connectivity index (χ1n) is 11.2. The van der Waals surface area contributed by atoms with Crippen LogP contribution in [0, 0.1) is 5.92 Å². The molecule has 1 aliphatic rings. The Morgan fingerprint density at radius 1 is 1.03 bits per heavy atom. The van der Waals surface area contributed by atoms with Crippen molar-refractivity contribution in [3.63, 3.8) is 0 Å². The van der Waals surface area contributed by atoms with Crippen LogP contribution in [0.1, 0.15) is 24.0 Å². The highest BCUT2D eigenvalue weighted by Crippen LogP contribution is 2.28. The number of benzene rings is 2. The summed E-state index contributed by atoms with van der Waals surface area (Å²) >= 11 is 3.53. The van der Waals surface area contributed by atoms with Gasteiger partial charge in [0.2, 0.25) is 5.95 Å². The molecule has 1 fully saturated rings. The maximum absolute atomic E-state index is 12.8. The molecule has 33 heavy (non-hydrogen) atoms. The van der Waals surface area contributed by atoms with Crippen molar-refractivity contribution in [3.8, 4) is 0 Å². The third kappa shape index (κ3) is 4.39. The molecule has 0 atom stereocenters. The maximum atomic E-state index is 12.8. The van der Waals surface area contributed by atoms with E-state index in [1.807, 2.05) is 28.8 Å². The minimum Gasteiger partial charge on any atom is -0.342 e. The third-order valence-corrected chi connectivity index (χ3v) is 6.97. The topological polar surface area (TPSA) is 75.9 Å². The zero-order chi connectivity index (χ0) is 22.9. The van der Waals surface area contributed by atoms with Gasteiger partial charge >= 0.3 is 5.69 Å². The lowest BCUT2D eigenvalue weighted by Crippen LogP contribution is -2.36. The highest BCUT2D eigenvalue weighted by atomic mass is 79.9. The summed E-state index contributed by atoms with van der Waals surface area (Å²) in [7, 11) is 1.65. The van der Waals surface area contributed by atoms with Gasteiger partial charge in [0.25, 0.3) is 5.56 Å². The molecule has 1 aliphatic heterocycles. The van der Waals surface area contributed by atoms with Crippen LogP contribution in [-0.4, -0.2) is 32.2 Å². The minimum absolute atomic E-state index is 0.402. The van der Waals surface area contributed by atoms with Crippen LogP contribution in [-0.2, 0) is 20.0 Å². The first-order chi connectivity index (χ1) is 16.0. The van der Waals surface area contributed by atoms with Crippen molar-refractivity contribution in [3.05, 3.63) is 91.0 Å². The second-order valence-electron chi connectivity index (χ2n) is 8.74. The average molecular weight is 508 g/mol. The number of halogens is 1. The highest BCUT2D eigenvalue weighted by Gasteiger charge is 2.26. The quantitative estimate of drug-likeness (QED) is 0.446. The predicted molar refractivity (Wildman–Crippen MR) is 134 cm³/mol. The van der Waals surface area contributed by atoms with E-state index in [-0.39, 0.29) is 0 Å². The third-order valence-electron chi connectivity index (χ3n) is 6.48. The molecule has 4 aromatic rings. The number of anilines is 1. The van der Waals surface area contributed by atoms with Gasteiger partial charge in [-0.2, -0.15) is 4.98 Å². The normalized spacial score (nSPS) is 14.8. The zero-order valence-corrected chi connectivity index (χ0v) is 20.1. The largest absolute Gasteiger partial charge is 0.342 e. The summed E-state index contributed by atoms with van der Waals surface area (Å²) in [5.41, 5.74) is 2.42. The second kappa shape index (κ2) is 9.02. The summed E-state index contributed by atoms with van der Waals surface area (Å²) in [6.07, 6.45) is 3.20. The van der Waals surface area contributed by atoms with Crippen LogP contribution in [0.5, 0.6) is 0 Å². The van der Waals surface area contributed by atoms with Crippen LogP contribution in [0.15, 0.2) is 68.7 Å². The van der Waals surface area contributed by atoms with Crippen molar-refractivity contribution in [2.75, 3.05) is 18.0 Å². The van der Waals surface area contributed by atoms with E-state index < -0.39 is 11.2 Å². The Labute approximate surface area is 199 Å². The number of aromatic amines is 1. The summed E-state index contributed by atoms with van der Waals surface area (Å²) < 4.78 is 4.35. The Morgan fingerprint density at radius 2 is 1.76 bits per heavy atom. The van der Waals surface area contributed by atoms with Gasteiger partial charge in [0.05, 0.1) is 6.54 Å². The van der Waals surface area contributed by atoms with E-state index in [2.05, 4.69) is 56.1 Å². The van der Waals surface area contributed by atoms with Crippen LogP contribution < -0.4 is 16.1 Å². The summed E-state index contributed by atoms with van der Waals surface area (Å²) in [6.45, 7) is 2.23. The van der Waals surface area contributed by atoms with Crippen molar-refractivity contribution >= 4 is 33.0 Å². The fourth-order valence-electron chi connectivity index (χ4n) is 4.72. The number of imidazole rings is 1. The number of rotatable bonds is 5. The molecule has 0 aliphatic carbocycles. The molecule has 1 N–H and O–H groups in total. The van der Waals surface area contributed by atoms with Crippen molar-refractivity contribution in [1.29, 1.82) is 0 Å². The molecule has 2 aromatic carbocycles. The van der Waals surface area contributed by atoms with E-state index in [1.54, 1.807) is 7.05 Å². The molecule has 2 aromatic heterocycles. The smallest absolute Gasteiger partial charge is 0.329 e. The zero-order valence-electron chi connectivity index (χ0n) is 18.5. The predicted octanol–water partition coefficient (Wildman–Crippen LogP) is 3.69. The summed E-state index contributed by atoms with van der Waals surface area (Å²) in [5.74, 6) is 1.37. The van der Waals surface area contributed by atoms with E-state index >= 15 is 0 Å². The van der Waals surface area contributed by atoms with Gasteiger partial charge in [-0.15, -0.1) is 0 Å². The van der Waals surface area contributed by atoms with Crippen molar-refractivity contribution in [2.24, 2.45) is 13.0 Å². The molecule has 0 spiro atoms. The SMILES string of the molecule is Cn1c(=O)[nH]c(=O)c2c1nc(N1CCC(Cc3ccccc3)CC1)n2Cc1cccc(Br)c1. The molecular formula is C25H26BrN5O2. The number of H-pyrrole nitrogens is 1. The van der Waals surface area contributed by atoms with Crippen LogP contribution in [0.2, 0.25) is 0 Å². The van der Waals surface area contributed by atoms with Gasteiger partial charge in [-0.1, -0.05) is 58.4 Å². The number of fused-ring (bicyclic) bond motifs is 1. The standard InChI is InChI=1S/C25H26BrN5O2/c1-29-22-21(23(32)28-25(29)33)31(16-19-8-5-9-20(26)15-19)24(27-22)30-12-10-18(11-13-30)14-17-6-3-2-4-7-17/h2-9,15,18H,10-14,16H2,1H3,(H,28,32,33). The average Bonchev–Trinajstić information content (AvgIpc) is 3.18. The molecule has 170 valence electrons. The van der Waals surface area contributed by atoms with Gasteiger partial charge in [-0.25, -0.2) is 4.79 Å². The number of aryl methyl sites for hydroxylation is 1. The lowest BCUT2D eigenvalue weighted by atomic mass is 9.90. The van der Waals surface area contributed by atoms with Gasteiger partial charge in [0.1, 0.15) is 0 Å². The van der Waals surface area contributed by atoms with Gasteiger partial charge < -0.3 is 4.90 Å². The molecule has 0 radical (unpaired) electrons. The Morgan fingerprint density at radius 3 is 2.48 bits per heavy atom. The lowest BCUT2D eigenvalue weighted by Gasteiger charge is -2.33. The van der Waals surface area contributed by atoms with Crippen LogP contribution in [0.3, 0.4) is 0 Å². The summed E-state index contributed by atoms with van der Waals surface area (Å²) in [6, 6.07) is 18.6. The van der Waals surface area contributed by atoms with Gasteiger partial charge in [0, 0.05) is 24.6 Å². The molecule has 5 rings (SSSR count). The van der Waals surface area contributed by atoms with E-state index in [0.717, 1.165) is 48.3 Å². The Kier molecular flexibility index (Phi) is 5.93. The molecule has 7 nitrogen and oxygen atoms in total. The minimum atomic E-state index is -0.451. The molecule has 0 bridgehead atoms.